The summed E-state index contributed by atoms with van der Waals surface area (Å²) < 4.78 is 0. The molecule has 94 valence electrons. The minimum atomic E-state index is -1.12. The molecule has 2 aliphatic rings. The molecule has 0 saturated carbocycles. The number of carbonyl (C=O) groups is 3. The van der Waals surface area contributed by atoms with E-state index in [4.69, 9.17) is 5.11 Å². The fourth-order valence-corrected chi connectivity index (χ4v) is 2.31. The van der Waals surface area contributed by atoms with Crippen molar-refractivity contribution in [2.45, 2.75) is 25.0 Å². The zero-order valence-electron chi connectivity index (χ0n) is 9.13. The van der Waals surface area contributed by atoms with Crippen LogP contribution >= 0.6 is 0 Å². The van der Waals surface area contributed by atoms with E-state index in [0.717, 1.165) is 4.90 Å². The molecule has 1 unspecified atom stereocenters. The van der Waals surface area contributed by atoms with E-state index in [9.17, 15) is 19.5 Å². The summed E-state index contributed by atoms with van der Waals surface area (Å²) in [7, 11) is 0. The van der Waals surface area contributed by atoms with Crippen LogP contribution < -0.4 is 5.32 Å². The summed E-state index contributed by atoms with van der Waals surface area (Å²) >= 11 is 0. The van der Waals surface area contributed by atoms with Gasteiger partial charge in [0, 0.05) is 25.9 Å². The maximum atomic E-state index is 12.0. The molecule has 0 aromatic rings. The Hall–Kier alpha value is -1.63. The average Bonchev–Trinajstić information content (AvgIpc) is 2.83. The predicted molar refractivity (Wildman–Crippen MR) is 54.9 cm³/mol. The summed E-state index contributed by atoms with van der Waals surface area (Å²) in [5.41, 5.74) is 0. The van der Waals surface area contributed by atoms with E-state index < -0.39 is 24.0 Å². The lowest BCUT2D eigenvalue weighted by atomic mass is 10.1. The van der Waals surface area contributed by atoms with Crippen LogP contribution in [-0.4, -0.2) is 58.1 Å². The van der Waals surface area contributed by atoms with Crippen molar-refractivity contribution in [1.29, 1.82) is 0 Å². The second-order valence-corrected chi connectivity index (χ2v) is 4.44. The second kappa shape index (κ2) is 4.33. The molecule has 0 aromatic heterocycles. The van der Waals surface area contributed by atoms with Crippen LogP contribution in [0.15, 0.2) is 0 Å². The highest BCUT2D eigenvalue weighted by atomic mass is 16.4. The van der Waals surface area contributed by atoms with Crippen molar-refractivity contribution < 1.29 is 24.6 Å². The van der Waals surface area contributed by atoms with Crippen molar-refractivity contribution in [3.63, 3.8) is 0 Å². The Morgan fingerprint density at radius 2 is 2.12 bits per heavy atom. The topological polar surface area (TPSA) is 107 Å². The third-order valence-electron chi connectivity index (χ3n) is 3.17. The van der Waals surface area contributed by atoms with Gasteiger partial charge in [-0.1, -0.05) is 0 Å². The maximum Gasteiger partial charge on any atom is 0.326 e. The van der Waals surface area contributed by atoms with Gasteiger partial charge in [-0.15, -0.1) is 0 Å². The number of aliphatic carboxylic acids is 1. The molecule has 2 saturated heterocycles. The Kier molecular flexibility index (Phi) is 3.01. The van der Waals surface area contributed by atoms with Crippen LogP contribution in [0.1, 0.15) is 12.8 Å². The standard InChI is InChI=1S/C10H14N2O5/c13-6-2-7(10(16)17)12(4-6)9(15)5-1-8(14)11-3-5/h5-7,13H,1-4H2,(H,11,14)(H,16,17)/t5?,6-,7+/m1/s1. The Balaban J connectivity index is 2.07. The molecule has 2 amide bonds. The molecule has 2 heterocycles. The molecule has 0 radical (unpaired) electrons. The van der Waals surface area contributed by atoms with Crippen LogP contribution in [-0.2, 0) is 14.4 Å². The number of hydrogen-bond donors (Lipinski definition) is 3. The zero-order valence-corrected chi connectivity index (χ0v) is 9.13. The van der Waals surface area contributed by atoms with Gasteiger partial charge in [-0.25, -0.2) is 4.79 Å². The van der Waals surface area contributed by atoms with Crippen molar-refractivity contribution >= 4 is 17.8 Å². The molecule has 0 aromatic carbocycles. The highest BCUT2D eigenvalue weighted by Gasteiger charge is 2.42. The lowest BCUT2D eigenvalue weighted by Gasteiger charge is -2.23. The molecule has 3 atom stereocenters. The first-order valence-electron chi connectivity index (χ1n) is 5.47. The van der Waals surface area contributed by atoms with Crippen LogP contribution in [0.25, 0.3) is 0 Å². The van der Waals surface area contributed by atoms with E-state index in [0.29, 0.717) is 0 Å². The number of β-amino-alcohol motifs (C(OH)–C–C–N with tert-alkyl or cyclic N) is 1. The molecule has 2 aliphatic heterocycles. The van der Waals surface area contributed by atoms with Crippen LogP contribution in [0, 0.1) is 5.92 Å². The SMILES string of the molecule is O=C1CC(C(=O)N2C[C@H](O)C[C@H]2C(=O)O)CN1. The molecular formula is C10H14N2O5. The zero-order chi connectivity index (χ0) is 12.6. The number of hydrogen-bond acceptors (Lipinski definition) is 4. The average molecular weight is 242 g/mol. The number of aliphatic hydroxyl groups excluding tert-OH is 1. The summed E-state index contributed by atoms with van der Waals surface area (Å²) in [5.74, 6) is -2.19. The molecule has 2 rings (SSSR count). The van der Waals surface area contributed by atoms with Crippen LogP contribution in [0.3, 0.4) is 0 Å². The van der Waals surface area contributed by atoms with Gasteiger partial charge in [0.2, 0.25) is 11.8 Å². The van der Waals surface area contributed by atoms with E-state index in [1.807, 2.05) is 0 Å². The summed E-state index contributed by atoms with van der Waals surface area (Å²) in [6.07, 6.45) is -0.655. The van der Waals surface area contributed by atoms with Gasteiger partial charge in [-0.05, 0) is 0 Å². The van der Waals surface area contributed by atoms with Gasteiger partial charge in [0.1, 0.15) is 6.04 Å². The van der Waals surface area contributed by atoms with Gasteiger partial charge in [-0.3, -0.25) is 9.59 Å². The molecule has 0 aliphatic carbocycles. The minimum absolute atomic E-state index is 0.0283. The second-order valence-electron chi connectivity index (χ2n) is 4.44. The number of rotatable bonds is 2. The number of carboxylic acids is 1. The number of carboxylic acid groups (broad SMARTS) is 1. The highest BCUT2D eigenvalue weighted by Crippen LogP contribution is 2.23. The van der Waals surface area contributed by atoms with E-state index in [1.165, 1.54) is 0 Å². The van der Waals surface area contributed by atoms with Crippen LogP contribution in [0.4, 0.5) is 0 Å². The van der Waals surface area contributed by atoms with Crippen LogP contribution in [0.5, 0.6) is 0 Å². The third kappa shape index (κ3) is 2.23. The van der Waals surface area contributed by atoms with Gasteiger partial charge >= 0.3 is 5.97 Å². The lowest BCUT2D eigenvalue weighted by Crippen LogP contribution is -2.44. The van der Waals surface area contributed by atoms with Gasteiger partial charge < -0.3 is 20.4 Å². The fourth-order valence-electron chi connectivity index (χ4n) is 2.31. The van der Waals surface area contributed by atoms with Crippen molar-refractivity contribution in [3.05, 3.63) is 0 Å². The normalized spacial score (nSPS) is 32.6. The summed E-state index contributed by atoms with van der Waals surface area (Å²) in [4.78, 5) is 35.1. The van der Waals surface area contributed by atoms with E-state index >= 15 is 0 Å². The molecular weight excluding hydrogens is 228 g/mol. The third-order valence-corrected chi connectivity index (χ3v) is 3.17. The van der Waals surface area contributed by atoms with Crippen molar-refractivity contribution in [2.24, 2.45) is 5.92 Å². The summed E-state index contributed by atoms with van der Waals surface area (Å²) in [5, 5.41) is 20.9. The Labute approximate surface area is 97.4 Å². The number of nitrogens with zero attached hydrogens (tertiary/aromatic N) is 1. The van der Waals surface area contributed by atoms with Crippen molar-refractivity contribution in [2.75, 3.05) is 13.1 Å². The number of carbonyl (C=O) groups excluding carboxylic acids is 2. The largest absolute Gasteiger partial charge is 0.480 e. The van der Waals surface area contributed by atoms with Gasteiger partial charge in [0.15, 0.2) is 0 Å². The first-order chi connectivity index (χ1) is 7.99. The van der Waals surface area contributed by atoms with Crippen molar-refractivity contribution in [3.8, 4) is 0 Å². The van der Waals surface area contributed by atoms with E-state index in [2.05, 4.69) is 5.32 Å². The Morgan fingerprint density at radius 3 is 2.65 bits per heavy atom. The monoisotopic (exact) mass is 242 g/mol. The molecule has 0 bridgehead atoms. The first kappa shape index (κ1) is 11.8. The molecule has 7 heteroatoms. The summed E-state index contributed by atoms with van der Waals surface area (Å²) in [6.45, 7) is 0.275. The summed E-state index contributed by atoms with van der Waals surface area (Å²) in [6, 6.07) is -0.979. The number of aliphatic hydroxyl groups is 1. The van der Waals surface area contributed by atoms with E-state index in [-0.39, 0.29) is 37.7 Å². The molecule has 3 N–H and O–H groups in total. The van der Waals surface area contributed by atoms with Gasteiger partial charge in [0.25, 0.3) is 0 Å². The molecule has 17 heavy (non-hydrogen) atoms. The number of nitrogens with one attached hydrogen (secondary N) is 1. The van der Waals surface area contributed by atoms with Crippen LogP contribution in [0.2, 0.25) is 0 Å². The minimum Gasteiger partial charge on any atom is -0.480 e. The highest BCUT2D eigenvalue weighted by molar-refractivity contribution is 5.91. The van der Waals surface area contributed by atoms with Crippen molar-refractivity contribution in [1.82, 2.24) is 10.2 Å². The smallest absolute Gasteiger partial charge is 0.326 e. The Bertz CT molecular complexity index is 370. The predicted octanol–water partition coefficient (Wildman–Crippen LogP) is -1.83. The maximum absolute atomic E-state index is 12.0. The fraction of sp³-hybridized carbons (Fsp3) is 0.700. The molecule has 0 spiro atoms. The first-order valence-corrected chi connectivity index (χ1v) is 5.47. The Morgan fingerprint density at radius 1 is 1.41 bits per heavy atom. The lowest BCUT2D eigenvalue weighted by molar-refractivity contribution is -0.149. The van der Waals surface area contributed by atoms with Gasteiger partial charge in [-0.2, -0.15) is 0 Å². The number of amides is 2. The van der Waals surface area contributed by atoms with E-state index in [1.54, 1.807) is 0 Å². The molecule has 7 nitrogen and oxygen atoms in total. The number of likely N-dealkylation sites (tertiary alicyclic amines) is 1. The van der Waals surface area contributed by atoms with Gasteiger partial charge in [0.05, 0.1) is 12.0 Å². The molecule has 2 fully saturated rings. The quantitative estimate of drug-likeness (QED) is 0.528.